The summed E-state index contributed by atoms with van der Waals surface area (Å²) in [4.78, 5) is 0. The molecule has 3 aliphatic carbocycles. The van der Waals surface area contributed by atoms with Gasteiger partial charge in [-0.25, -0.2) is 0 Å². The molecule has 0 aliphatic heterocycles. The van der Waals surface area contributed by atoms with Crippen LogP contribution >= 0.6 is 0 Å². The van der Waals surface area contributed by atoms with Crippen LogP contribution in [0.1, 0.15) is 28.7 Å². The molecule has 0 amide bonds. The van der Waals surface area contributed by atoms with Crippen LogP contribution in [0, 0.1) is 18.8 Å². The Bertz CT molecular complexity index is 862. The van der Waals surface area contributed by atoms with E-state index >= 15 is 0 Å². The summed E-state index contributed by atoms with van der Waals surface area (Å²) < 4.78 is 0. The van der Waals surface area contributed by atoms with E-state index in [1.165, 1.54) is 39.0 Å². The number of allylic oxidation sites excluding steroid dienone is 6. The van der Waals surface area contributed by atoms with Crippen LogP contribution in [-0.2, 0) is 0 Å². The average molecular weight is 281 g/mol. The molecular weight excluding hydrogens is 264 g/mol. The molecule has 22 heavy (non-hydrogen) atoms. The van der Waals surface area contributed by atoms with Crippen molar-refractivity contribution in [1.29, 1.82) is 0 Å². The first-order chi connectivity index (χ1) is 10.8. The molecule has 1 atom stereocenters. The van der Waals surface area contributed by atoms with Gasteiger partial charge in [-0.2, -0.15) is 0 Å². The predicted octanol–water partition coefficient (Wildman–Crippen LogP) is 5.47. The highest BCUT2D eigenvalue weighted by Gasteiger charge is 2.43. The average Bonchev–Trinajstić information content (AvgIpc) is 3.36. The zero-order valence-corrected chi connectivity index (χ0v) is 12.6. The zero-order chi connectivity index (χ0) is 14.7. The second-order valence-corrected chi connectivity index (χ2v) is 6.50. The molecule has 0 N–H and O–H groups in total. The van der Waals surface area contributed by atoms with Crippen LogP contribution in [0.5, 0.6) is 0 Å². The Morgan fingerprint density at radius 1 is 0.909 bits per heavy atom. The van der Waals surface area contributed by atoms with Crippen molar-refractivity contribution in [2.45, 2.75) is 13.3 Å². The van der Waals surface area contributed by atoms with Gasteiger partial charge in [0, 0.05) is 11.8 Å². The molecule has 0 bridgehead atoms. The van der Waals surface area contributed by atoms with Gasteiger partial charge in [-0.3, -0.25) is 0 Å². The molecule has 2 aromatic carbocycles. The Kier molecular flexibility index (Phi) is 2.41. The lowest BCUT2D eigenvalue weighted by molar-refractivity contribution is 0.789. The summed E-state index contributed by atoms with van der Waals surface area (Å²) in [5.74, 6) is 2.12. The molecule has 2 aromatic rings. The maximum atomic E-state index is 2.39. The number of benzene rings is 2. The van der Waals surface area contributed by atoms with Crippen molar-refractivity contribution in [1.82, 2.24) is 0 Å². The third-order valence-corrected chi connectivity index (χ3v) is 5.09. The Hall–Kier alpha value is -2.34. The molecule has 1 unspecified atom stereocenters. The second kappa shape index (κ2) is 4.33. The highest BCUT2D eigenvalue weighted by atomic mass is 14.5. The Labute approximate surface area is 131 Å². The van der Waals surface area contributed by atoms with Gasteiger partial charge in [0.25, 0.3) is 0 Å². The van der Waals surface area contributed by atoms with E-state index in [0.29, 0.717) is 5.92 Å². The van der Waals surface area contributed by atoms with Gasteiger partial charge in [0.05, 0.1) is 0 Å². The molecular formula is C22H17. The van der Waals surface area contributed by atoms with Gasteiger partial charge in [-0.05, 0) is 46.8 Å². The molecule has 1 radical (unpaired) electrons. The molecule has 0 fully saturated rings. The zero-order valence-electron chi connectivity index (χ0n) is 12.6. The molecule has 0 saturated heterocycles. The first-order valence-corrected chi connectivity index (χ1v) is 7.98. The van der Waals surface area contributed by atoms with E-state index in [1.807, 2.05) is 0 Å². The molecule has 3 aliphatic rings. The van der Waals surface area contributed by atoms with Crippen molar-refractivity contribution in [3.8, 4) is 0 Å². The van der Waals surface area contributed by atoms with E-state index in [-0.39, 0.29) is 0 Å². The van der Waals surface area contributed by atoms with Gasteiger partial charge in [0.15, 0.2) is 0 Å². The largest absolute Gasteiger partial charge is 0.0673 e. The fourth-order valence-corrected chi connectivity index (χ4v) is 3.90. The molecule has 0 spiro atoms. The van der Waals surface area contributed by atoms with Crippen LogP contribution in [0.25, 0.3) is 16.7 Å². The number of fused-ring (bicyclic) bond motifs is 6. The van der Waals surface area contributed by atoms with Gasteiger partial charge >= 0.3 is 0 Å². The topological polar surface area (TPSA) is 0 Å². The van der Waals surface area contributed by atoms with E-state index in [1.54, 1.807) is 5.92 Å². The minimum Gasteiger partial charge on any atom is -0.0673 e. The maximum absolute atomic E-state index is 2.39. The normalized spacial score (nSPS) is 21.9. The standard InChI is InChI=1S/C22H17/c1-14-7-9-17-18-10-8-16(15-5-3-2-4-6-15)12-20(18)22-13-21(22)19(17)11-14/h2-11,13,20H,12H2,1H3. The van der Waals surface area contributed by atoms with E-state index in [2.05, 4.69) is 73.7 Å². The monoisotopic (exact) mass is 281 g/mol. The summed E-state index contributed by atoms with van der Waals surface area (Å²) in [6.07, 6.45) is 8.18. The maximum Gasteiger partial charge on any atom is 0.0351 e. The lowest BCUT2D eigenvalue weighted by Crippen LogP contribution is -2.15. The fraction of sp³-hybridized carbons (Fsp3) is 0.136. The van der Waals surface area contributed by atoms with E-state index < -0.39 is 0 Å². The molecule has 0 heteroatoms. The number of hydrogen-bond donors (Lipinski definition) is 0. The molecule has 0 saturated carbocycles. The molecule has 0 aromatic heterocycles. The smallest absolute Gasteiger partial charge is 0.0351 e. The van der Waals surface area contributed by atoms with Gasteiger partial charge in [0.1, 0.15) is 0 Å². The summed E-state index contributed by atoms with van der Waals surface area (Å²) in [6, 6.07) is 17.7. The lowest BCUT2D eigenvalue weighted by Gasteiger charge is -2.31. The molecule has 105 valence electrons. The van der Waals surface area contributed by atoms with Crippen molar-refractivity contribution in [3.63, 3.8) is 0 Å². The van der Waals surface area contributed by atoms with Crippen LogP contribution in [0.3, 0.4) is 0 Å². The van der Waals surface area contributed by atoms with Gasteiger partial charge in [0.2, 0.25) is 0 Å². The fourth-order valence-electron chi connectivity index (χ4n) is 3.90. The van der Waals surface area contributed by atoms with Gasteiger partial charge < -0.3 is 0 Å². The quantitative estimate of drug-likeness (QED) is 0.650. The lowest BCUT2D eigenvalue weighted by atomic mass is 9.72. The minimum atomic E-state index is 0.561. The van der Waals surface area contributed by atoms with Crippen LogP contribution in [0.15, 0.2) is 66.8 Å². The second-order valence-electron chi connectivity index (χ2n) is 6.50. The van der Waals surface area contributed by atoms with Crippen LogP contribution in [0.4, 0.5) is 0 Å². The minimum absolute atomic E-state index is 0.561. The first kappa shape index (κ1) is 12.2. The Morgan fingerprint density at radius 3 is 2.64 bits per heavy atom. The Balaban J connectivity index is 1.62. The highest BCUT2D eigenvalue weighted by Crippen LogP contribution is 2.59. The number of aryl methyl sites for hydroxylation is 1. The molecule has 5 rings (SSSR count). The van der Waals surface area contributed by atoms with E-state index in [4.69, 9.17) is 0 Å². The van der Waals surface area contributed by atoms with Crippen molar-refractivity contribution in [2.24, 2.45) is 5.92 Å². The van der Waals surface area contributed by atoms with E-state index in [0.717, 1.165) is 6.42 Å². The molecule has 0 nitrogen and oxygen atoms in total. The summed E-state index contributed by atoms with van der Waals surface area (Å²) in [7, 11) is 0. The predicted molar refractivity (Wildman–Crippen MR) is 92.9 cm³/mol. The van der Waals surface area contributed by atoms with Crippen molar-refractivity contribution in [3.05, 3.63) is 94.9 Å². The summed E-state index contributed by atoms with van der Waals surface area (Å²) in [6.45, 7) is 2.18. The first-order valence-electron chi connectivity index (χ1n) is 7.98. The summed E-state index contributed by atoms with van der Waals surface area (Å²) >= 11 is 0. The Morgan fingerprint density at radius 2 is 1.77 bits per heavy atom. The number of hydrogen-bond acceptors (Lipinski definition) is 0. The number of rotatable bonds is 1. The van der Waals surface area contributed by atoms with Crippen LogP contribution in [0.2, 0.25) is 0 Å². The van der Waals surface area contributed by atoms with Crippen molar-refractivity contribution < 1.29 is 0 Å². The summed E-state index contributed by atoms with van der Waals surface area (Å²) in [5, 5.41) is 0. The van der Waals surface area contributed by atoms with Gasteiger partial charge in [-0.1, -0.05) is 72.3 Å². The SMILES string of the molecule is Cc1ccc2c(c1)C1=C[C]1C1CC(c3ccccc3)=CC=C21. The third-order valence-electron chi connectivity index (χ3n) is 5.09. The van der Waals surface area contributed by atoms with Crippen molar-refractivity contribution >= 4 is 16.7 Å². The highest BCUT2D eigenvalue weighted by molar-refractivity contribution is 6.05. The molecule has 0 heterocycles. The third kappa shape index (κ3) is 1.70. The van der Waals surface area contributed by atoms with Gasteiger partial charge in [-0.15, -0.1) is 0 Å². The van der Waals surface area contributed by atoms with Crippen molar-refractivity contribution in [2.75, 3.05) is 0 Å². The van der Waals surface area contributed by atoms with Crippen LogP contribution < -0.4 is 0 Å². The van der Waals surface area contributed by atoms with Crippen LogP contribution in [-0.4, -0.2) is 0 Å². The summed E-state index contributed by atoms with van der Waals surface area (Å²) in [5.41, 5.74) is 10.0. The van der Waals surface area contributed by atoms with E-state index in [9.17, 15) is 0 Å².